The van der Waals surface area contributed by atoms with E-state index in [2.05, 4.69) is 43.2 Å². The van der Waals surface area contributed by atoms with Crippen molar-refractivity contribution in [3.63, 3.8) is 0 Å². The molecule has 32 heavy (non-hydrogen) atoms. The Kier molecular flexibility index (Phi) is 6.61. The van der Waals surface area contributed by atoms with Crippen molar-refractivity contribution in [3.8, 4) is 0 Å². The van der Waals surface area contributed by atoms with Gasteiger partial charge in [0.2, 0.25) is 0 Å². The van der Waals surface area contributed by atoms with Gasteiger partial charge in [-0.2, -0.15) is 4.31 Å². The highest BCUT2D eigenvalue weighted by molar-refractivity contribution is 7.89. The number of aryl methyl sites for hydroxylation is 1. The molecule has 1 aliphatic heterocycles. The number of nitrogens with zero attached hydrogens (tertiary/aromatic N) is 3. The fourth-order valence-corrected chi connectivity index (χ4v) is 6.93. The zero-order valence-electron chi connectivity index (χ0n) is 19.7. The lowest BCUT2D eigenvalue weighted by molar-refractivity contribution is 0.349. The summed E-state index contributed by atoms with van der Waals surface area (Å²) >= 11 is 0. The van der Waals surface area contributed by atoms with Crippen LogP contribution in [-0.4, -0.2) is 48.0 Å². The molecule has 1 N–H and O–H groups in total. The van der Waals surface area contributed by atoms with E-state index in [1.165, 1.54) is 36.7 Å². The van der Waals surface area contributed by atoms with Gasteiger partial charge in [0.15, 0.2) is 5.03 Å². The van der Waals surface area contributed by atoms with Gasteiger partial charge >= 0.3 is 0 Å². The van der Waals surface area contributed by atoms with Crippen molar-refractivity contribution in [2.45, 2.75) is 63.4 Å². The number of benzene rings is 1. The van der Waals surface area contributed by atoms with Gasteiger partial charge in [0.05, 0.1) is 6.33 Å². The van der Waals surface area contributed by atoms with E-state index < -0.39 is 10.0 Å². The SMILES string of the molecule is CC1=C(CCN[C@H]2CN(S(=O)(=O)c3cn(C)cn3)C[C@@H]2c2ccccc2)C(C)(C)CCC1. The zero-order valence-corrected chi connectivity index (χ0v) is 20.5. The lowest BCUT2D eigenvalue weighted by Gasteiger charge is -2.35. The monoisotopic (exact) mass is 456 g/mol. The molecular formula is C25H36N4O2S. The smallest absolute Gasteiger partial charge is 0.262 e. The number of allylic oxidation sites excluding steroid dienone is 1. The Morgan fingerprint density at radius 3 is 2.59 bits per heavy atom. The van der Waals surface area contributed by atoms with E-state index in [1.54, 1.807) is 27.7 Å². The Morgan fingerprint density at radius 2 is 1.94 bits per heavy atom. The quantitative estimate of drug-likeness (QED) is 0.638. The molecule has 174 valence electrons. The summed E-state index contributed by atoms with van der Waals surface area (Å²) in [5, 5.41) is 3.85. The average molecular weight is 457 g/mol. The van der Waals surface area contributed by atoms with Crippen molar-refractivity contribution in [1.29, 1.82) is 0 Å². The number of imidazole rings is 1. The van der Waals surface area contributed by atoms with Gasteiger partial charge in [0.25, 0.3) is 10.0 Å². The average Bonchev–Trinajstić information content (AvgIpc) is 3.38. The van der Waals surface area contributed by atoms with Crippen molar-refractivity contribution in [3.05, 3.63) is 59.6 Å². The first-order valence-corrected chi connectivity index (χ1v) is 13.1. The van der Waals surface area contributed by atoms with Gasteiger partial charge in [-0.1, -0.05) is 55.3 Å². The van der Waals surface area contributed by atoms with Crippen LogP contribution in [-0.2, 0) is 17.1 Å². The lowest BCUT2D eigenvalue weighted by atomic mass is 9.71. The molecule has 1 aliphatic carbocycles. The van der Waals surface area contributed by atoms with Crippen LogP contribution in [0.3, 0.4) is 0 Å². The van der Waals surface area contributed by atoms with Crippen molar-refractivity contribution in [2.24, 2.45) is 12.5 Å². The third-order valence-electron chi connectivity index (χ3n) is 7.27. The summed E-state index contributed by atoms with van der Waals surface area (Å²) in [5.74, 6) is 0.115. The topological polar surface area (TPSA) is 67.2 Å². The summed E-state index contributed by atoms with van der Waals surface area (Å²) in [6.07, 6.45) is 7.85. The molecule has 0 amide bonds. The Labute approximate surface area is 192 Å². The molecule has 6 nitrogen and oxygen atoms in total. The molecule has 0 bridgehead atoms. The molecule has 2 aliphatic rings. The standard InChI is InChI=1S/C25H36N4O2S/c1-19-9-8-13-25(2,3)22(19)12-14-26-23-16-29(15-21(23)20-10-6-5-7-11-20)32(30,31)24-17-28(4)18-27-24/h5-7,10-11,17-18,21,23,26H,8-9,12-16H2,1-4H3/t21-,23+/m1/s1. The van der Waals surface area contributed by atoms with Gasteiger partial charge in [0, 0.05) is 38.3 Å². The molecule has 2 heterocycles. The maximum Gasteiger partial charge on any atom is 0.262 e. The number of sulfonamides is 1. The summed E-state index contributed by atoms with van der Waals surface area (Å²) in [6.45, 7) is 8.78. The molecule has 1 fully saturated rings. The van der Waals surface area contributed by atoms with Crippen LogP contribution in [0.1, 0.15) is 57.9 Å². The van der Waals surface area contributed by atoms with E-state index in [0.29, 0.717) is 13.1 Å². The van der Waals surface area contributed by atoms with Gasteiger partial charge in [-0.05, 0) is 50.1 Å². The number of nitrogens with one attached hydrogen (secondary N) is 1. The van der Waals surface area contributed by atoms with Gasteiger partial charge in [0.1, 0.15) is 0 Å². The summed E-state index contributed by atoms with van der Waals surface area (Å²) in [7, 11) is -1.82. The van der Waals surface area contributed by atoms with Crippen LogP contribution >= 0.6 is 0 Å². The Bertz CT molecular complexity index is 1070. The molecule has 0 unspecified atom stereocenters. The maximum absolute atomic E-state index is 13.2. The molecule has 2 atom stereocenters. The third kappa shape index (κ3) is 4.70. The molecule has 2 aromatic rings. The third-order valence-corrected chi connectivity index (χ3v) is 8.98. The van der Waals surface area contributed by atoms with Crippen LogP contribution in [0.5, 0.6) is 0 Å². The minimum absolute atomic E-state index is 0.0727. The predicted molar refractivity (Wildman–Crippen MR) is 128 cm³/mol. The second-order valence-corrected chi connectivity index (χ2v) is 11.9. The van der Waals surface area contributed by atoms with Crippen LogP contribution < -0.4 is 5.32 Å². The van der Waals surface area contributed by atoms with Gasteiger partial charge in [-0.15, -0.1) is 0 Å². The number of hydrogen-bond acceptors (Lipinski definition) is 4. The molecule has 7 heteroatoms. The van der Waals surface area contributed by atoms with E-state index in [9.17, 15) is 8.42 Å². The van der Waals surface area contributed by atoms with E-state index in [1.807, 2.05) is 18.2 Å². The number of rotatable bonds is 7. The first-order valence-electron chi connectivity index (χ1n) is 11.6. The van der Waals surface area contributed by atoms with Crippen molar-refractivity contribution in [2.75, 3.05) is 19.6 Å². The molecule has 1 aromatic heterocycles. The highest BCUT2D eigenvalue weighted by atomic mass is 32.2. The molecule has 0 radical (unpaired) electrons. The fraction of sp³-hybridized carbons (Fsp3) is 0.560. The highest BCUT2D eigenvalue weighted by Gasteiger charge is 2.40. The first-order chi connectivity index (χ1) is 15.2. The number of aromatic nitrogens is 2. The van der Waals surface area contributed by atoms with Crippen LogP contribution in [0.4, 0.5) is 0 Å². The van der Waals surface area contributed by atoms with E-state index in [4.69, 9.17) is 0 Å². The number of hydrogen-bond donors (Lipinski definition) is 1. The molecule has 1 aromatic carbocycles. The van der Waals surface area contributed by atoms with E-state index in [0.717, 1.165) is 13.0 Å². The van der Waals surface area contributed by atoms with Crippen LogP contribution in [0.2, 0.25) is 0 Å². The fourth-order valence-electron chi connectivity index (χ4n) is 5.47. The normalized spacial score (nSPS) is 24.2. The largest absolute Gasteiger partial charge is 0.339 e. The van der Waals surface area contributed by atoms with Gasteiger partial charge in [-0.3, -0.25) is 0 Å². The lowest BCUT2D eigenvalue weighted by Crippen LogP contribution is -2.38. The summed E-state index contributed by atoms with van der Waals surface area (Å²) in [6, 6.07) is 10.3. The first kappa shape index (κ1) is 23.2. The predicted octanol–water partition coefficient (Wildman–Crippen LogP) is 4.08. The van der Waals surface area contributed by atoms with Crippen LogP contribution in [0.25, 0.3) is 0 Å². The summed E-state index contributed by atoms with van der Waals surface area (Å²) in [5.41, 5.74) is 4.54. The second kappa shape index (κ2) is 9.12. The molecule has 4 rings (SSSR count). The minimum Gasteiger partial charge on any atom is -0.339 e. The van der Waals surface area contributed by atoms with Crippen LogP contribution in [0.15, 0.2) is 59.0 Å². The summed E-state index contributed by atoms with van der Waals surface area (Å²) in [4.78, 5) is 4.11. The molecule has 0 spiro atoms. The second-order valence-electron chi connectivity index (χ2n) is 10.0. The molecular weight excluding hydrogens is 420 g/mol. The molecule has 1 saturated heterocycles. The highest BCUT2D eigenvalue weighted by Crippen LogP contribution is 2.41. The maximum atomic E-state index is 13.2. The minimum atomic E-state index is -3.61. The van der Waals surface area contributed by atoms with Crippen molar-refractivity contribution in [1.82, 2.24) is 19.2 Å². The van der Waals surface area contributed by atoms with Crippen molar-refractivity contribution >= 4 is 10.0 Å². The Morgan fingerprint density at radius 1 is 1.19 bits per heavy atom. The van der Waals surface area contributed by atoms with Gasteiger partial charge < -0.3 is 9.88 Å². The van der Waals surface area contributed by atoms with E-state index in [-0.39, 0.29) is 22.4 Å². The van der Waals surface area contributed by atoms with Crippen LogP contribution in [0, 0.1) is 5.41 Å². The zero-order chi connectivity index (χ0) is 22.9. The Hall–Kier alpha value is -1.96. The summed E-state index contributed by atoms with van der Waals surface area (Å²) < 4.78 is 29.7. The van der Waals surface area contributed by atoms with Gasteiger partial charge in [-0.25, -0.2) is 13.4 Å². The molecule has 0 saturated carbocycles. The van der Waals surface area contributed by atoms with E-state index >= 15 is 0 Å². The Balaban J connectivity index is 1.51. The van der Waals surface area contributed by atoms with Crippen molar-refractivity contribution < 1.29 is 8.42 Å².